The predicted octanol–water partition coefficient (Wildman–Crippen LogP) is 2.32. The fourth-order valence-corrected chi connectivity index (χ4v) is 1.97. The van der Waals surface area contributed by atoms with Gasteiger partial charge in [0.15, 0.2) is 0 Å². The van der Waals surface area contributed by atoms with E-state index in [9.17, 15) is 4.79 Å². The van der Waals surface area contributed by atoms with Crippen molar-refractivity contribution in [2.24, 2.45) is 0 Å². The van der Waals surface area contributed by atoms with Crippen molar-refractivity contribution in [3.05, 3.63) is 22.8 Å². The molecule has 18 heavy (non-hydrogen) atoms. The van der Waals surface area contributed by atoms with E-state index in [1.165, 1.54) is 12.1 Å². The van der Waals surface area contributed by atoms with Crippen LogP contribution in [0.3, 0.4) is 0 Å². The van der Waals surface area contributed by atoms with Crippen LogP contribution in [0, 0.1) is 11.3 Å². The van der Waals surface area contributed by atoms with Gasteiger partial charge in [0.2, 0.25) is 0 Å². The van der Waals surface area contributed by atoms with E-state index in [1.54, 1.807) is 0 Å². The van der Waals surface area contributed by atoms with Gasteiger partial charge in [-0.05, 0) is 25.0 Å². The number of hydrogen-bond acceptors (Lipinski definition) is 4. The molecule has 0 aliphatic heterocycles. The summed E-state index contributed by atoms with van der Waals surface area (Å²) in [5.74, 6) is -0.662. The molecular weight excluding hydrogens is 254 g/mol. The summed E-state index contributed by atoms with van der Waals surface area (Å²) in [4.78, 5) is 17.2. The van der Waals surface area contributed by atoms with Gasteiger partial charge in [-0.25, -0.2) is 9.78 Å². The van der Waals surface area contributed by atoms with Crippen molar-refractivity contribution >= 4 is 23.4 Å². The Morgan fingerprint density at radius 1 is 1.61 bits per heavy atom. The lowest BCUT2D eigenvalue weighted by Gasteiger charge is -2.23. The molecule has 2 rings (SSSR count). The van der Waals surface area contributed by atoms with Gasteiger partial charge in [0, 0.05) is 12.6 Å². The molecule has 1 aromatic rings. The molecule has 6 heteroatoms. The van der Waals surface area contributed by atoms with E-state index in [4.69, 9.17) is 22.0 Å². The smallest absolute Gasteiger partial charge is 0.339 e. The van der Waals surface area contributed by atoms with Crippen LogP contribution in [-0.2, 0) is 0 Å². The van der Waals surface area contributed by atoms with Gasteiger partial charge in [0.1, 0.15) is 16.5 Å². The van der Waals surface area contributed by atoms with E-state index < -0.39 is 5.97 Å². The normalized spacial score (nSPS) is 14.0. The van der Waals surface area contributed by atoms with Crippen LogP contribution in [-0.4, -0.2) is 28.6 Å². The quantitative estimate of drug-likeness (QED) is 0.827. The average molecular weight is 266 g/mol. The van der Waals surface area contributed by atoms with Crippen molar-refractivity contribution in [1.82, 2.24) is 4.98 Å². The maximum Gasteiger partial charge on any atom is 0.339 e. The number of nitrogens with zero attached hydrogens (tertiary/aromatic N) is 3. The number of halogens is 1. The summed E-state index contributed by atoms with van der Waals surface area (Å²) < 4.78 is 0. The van der Waals surface area contributed by atoms with E-state index >= 15 is 0 Å². The van der Waals surface area contributed by atoms with Crippen molar-refractivity contribution in [3.63, 3.8) is 0 Å². The Bertz CT molecular complexity index is 509. The molecule has 1 aromatic heterocycles. The summed E-state index contributed by atoms with van der Waals surface area (Å²) in [6.07, 6.45) is 2.33. The van der Waals surface area contributed by atoms with E-state index in [-0.39, 0.29) is 16.8 Å². The zero-order chi connectivity index (χ0) is 13.1. The number of nitriles is 1. The highest BCUT2D eigenvalue weighted by molar-refractivity contribution is 6.29. The molecule has 94 valence electrons. The molecule has 0 bridgehead atoms. The third kappa shape index (κ3) is 2.71. The SMILES string of the molecule is N#CCCN(c1nc(Cl)ccc1C(=O)O)C1CC1. The number of aromatic nitrogens is 1. The first-order valence-electron chi connectivity index (χ1n) is 5.67. The summed E-state index contributed by atoms with van der Waals surface area (Å²) >= 11 is 5.83. The Kier molecular flexibility index (Phi) is 3.68. The minimum Gasteiger partial charge on any atom is -0.478 e. The minimum absolute atomic E-state index is 0.129. The zero-order valence-corrected chi connectivity index (χ0v) is 10.4. The Balaban J connectivity index is 2.36. The third-order valence-corrected chi connectivity index (χ3v) is 3.01. The molecule has 0 saturated heterocycles. The molecule has 1 heterocycles. The van der Waals surface area contributed by atoms with Gasteiger partial charge >= 0.3 is 5.97 Å². The van der Waals surface area contributed by atoms with Crippen molar-refractivity contribution in [3.8, 4) is 6.07 Å². The van der Waals surface area contributed by atoms with Crippen LogP contribution < -0.4 is 4.90 Å². The maximum atomic E-state index is 11.2. The number of carboxylic acids is 1. The maximum absolute atomic E-state index is 11.2. The van der Waals surface area contributed by atoms with Gasteiger partial charge in [0.05, 0.1) is 12.5 Å². The van der Waals surface area contributed by atoms with Crippen LogP contribution in [0.1, 0.15) is 29.6 Å². The number of aromatic carboxylic acids is 1. The standard InChI is InChI=1S/C12H12ClN3O2/c13-10-5-4-9(12(17)18)11(15-10)16(7-1-6-14)8-2-3-8/h4-5,8H,1-3,7H2,(H,17,18). The van der Waals surface area contributed by atoms with Gasteiger partial charge in [0.25, 0.3) is 0 Å². The highest BCUT2D eigenvalue weighted by Gasteiger charge is 2.32. The summed E-state index contributed by atoms with van der Waals surface area (Å²) in [6.45, 7) is 0.481. The predicted molar refractivity (Wildman–Crippen MR) is 66.8 cm³/mol. The molecule has 1 fully saturated rings. The fourth-order valence-electron chi connectivity index (χ4n) is 1.83. The van der Waals surface area contributed by atoms with Crippen molar-refractivity contribution in [2.75, 3.05) is 11.4 Å². The van der Waals surface area contributed by atoms with Crippen LogP contribution in [0.4, 0.5) is 5.82 Å². The van der Waals surface area contributed by atoms with E-state index in [1.807, 2.05) is 4.90 Å². The van der Waals surface area contributed by atoms with E-state index in [0.29, 0.717) is 18.8 Å². The largest absolute Gasteiger partial charge is 0.478 e. The lowest BCUT2D eigenvalue weighted by atomic mass is 10.2. The number of pyridine rings is 1. The molecule has 0 unspecified atom stereocenters. The van der Waals surface area contributed by atoms with Crippen LogP contribution in [0.15, 0.2) is 12.1 Å². The fraction of sp³-hybridized carbons (Fsp3) is 0.417. The molecule has 1 saturated carbocycles. The van der Waals surface area contributed by atoms with Gasteiger partial charge in [-0.1, -0.05) is 11.6 Å². The van der Waals surface area contributed by atoms with E-state index in [0.717, 1.165) is 12.8 Å². The highest BCUT2D eigenvalue weighted by atomic mass is 35.5. The molecule has 1 aliphatic carbocycles. The Morgan fingerprint density at radius 3 is 2.89 bits per heavy atom. The topological polar surface area (TPSA) is 77.2 Å². The molecule has 0 atom stereocenters. The van der Waals surface area contributed by atoms with E-state index in [2.05, 4.69) is 11.1 Å². The summed E-state index contributed by atoms with van der Waals surface area (Å²) in [7, 11) is 0. The molecule has 1 aliphatic rings. The minimum atomic E-state index is -1.03. The molecule has 0 radical (unpaired) electrons. The number of carbonyl (C=O) groups is 1. The summed E-state index contributed by atoms with van der Waals surface area (Å²) in [5.41, 5.74) is 0.129. The van der Waals surface area contributed by atoms with Gasteiger partial charge in [-0.15, -0.1) is 0 Å². The Hall–Kier alpha value is -1.80. The second-order valence-electron chi connectivity index (χ2n) is 4.14. The molecule has 5 nitrogen and oxygen atoms in total. The first-order valence-corrected chi connectivity index (χ1v) is 6.04. The summed E-state index contributed by atoms with van der Waals surface area (Å²) in [6, 6.07) is 5.26. The lowest BCUT2D eigenvalue weighted by Crippen LogP contribution is -2.29. The third-order valence-electron chi connectivity index (χ3n) is 2.80. The van der Waals surface area contributed by atoms with Gasteiger partial charge < -0.3 is 10.0 Å². The number of anilines is 1. The first kappa shape index (κ1) is 12.7. The molecular formula is C12H12ClN3O2. The highest BCUT2D eigenvalue weighted by Crippen LogP contribution is 2.33. The van der Waals surface area contributed by atoms with Crippen LogP contribution in [0.2, 0.25) is 5.15 Å². The van der Waals surface area contributed by atoms with Crippen LogP contribution >= 0.6 is 11.6 Å². The number of rotatable bonds is 5. The van der Waals surface area contributed by atoms with Crippen molar-refractivity contribution in [1.29, 1.82) is 5.26 Å². The monoisotopic (exact) mass is 265 g/mol. The van der Waals surface area contributed by atoms with Crippen molar-refractivity contribution in [2.45, 2.75) is 25.3 Å². The number of carboxylic acid groups (broad SMARTS) is 1. The first-order chi connectivity index (χ1) is 8.63. The lowest BCUT2D eigenvalue weighted by molar-refractivity contribution is 0.0697. The Morgan fingerprint density at radius 2 is 2.33 bits per heavy atom. The van der Waals surface area contributed by atoms with Gasteiger partial charge in [-0.2, -0.15) is 5.26 Å². The zero-order valence-electron chi connectivity index (χ0n) is 9.64. The van der Waals surface area contributed by atoms with Crippen LogP contribution in [0.25, 0.3) is 0 Å². The molecule has 0 aromatic carbocycles. The second kappa shape index (κ2) is 5.23. The van der Waals surface area contributed by atoms with Crippen LogP contribution in [0.5, 0.6) is 0 Å². The molecule has 1 N–H and O–H groups in total. The molecule has 0 amide bonds. The van der Waals surface area contributed by atoms with Gasteiger partial charge in [-0.3, -0.25) is 0 Å². The van der Waals surface area contributed by atoms with Crippen molar-refractivity contribution < 1.29 is 9.90 Å². The number of hydrogen-bond donors (Lipinski definition) is 1. The second-order valence-corrected chi connectivity index (χ2v) is 4.53. The molecule has 0 spiro atoms. The Labute approximate surface area is 110 Å². The summed E-state index contributed by atoms with van der Waals surface area (Å²) in [5, 5.41) is 18.1. The average Bonchev–Trinajstić information content (AvgIpc) is 3.13.